The van der Waals surface area contributed by atoms with Crippen molar-refractivity contribution in [3.63, 3.8) is 0 Å². The Morgan fingerprint density at radius 1 is 1.50 bits per heavy atom. The smallest absolute Gasteiger partial charge is 0.253 e. The fourth-order valence-electron chi connectivity index (χ4n) is 2.22. The zero-order valence-electron chi connectivity index (χ0n) is 10.1. The monoisotopic (exact) mass is 331 g/mol. The molecule has 0 radical (unpaired) electrons. The van der Waals surface area contributed by atoms with Crippen LogP contribution in [0.2, 0.25) is 5.02 Å². The third kappa shape index (κ3) is 3.25. The summed E-state index contributed by atoms with van der Waals surface area (Å²) in [5.74, 6) is -0.122. The number of ether oxygens (including phenoxy) is 1. The van der Waals surface area contributed by atoms with Crippen LogP contribution in [0.25, 0.3) is 0 Å². The summed E-state index contributed by atoms with van der Waals surface area (Å²) in [7, 11) is 1.71. The Bertz CT molecular complexity index is 453. The zero-order valence-corrected chi connectivity index (χ0v) is 12.4. The molecule has 5 heteroatoms. The van der Waals surface area contributed by atoms with E-state index in [1.54, 1.807) is 19.2 Å². The Morgan fingerprint density at radius 2 is 2.28 bits per heavy atom. The molecule has 1 aliphatic rings. The maximum atomic E-state index is 12.1. The molecular weight excluding hydrogens is 318 g/mol. The van der Waals surface area contributed by atoms with Crippen LogP contribution in [0.15, 0.2) is 22.7 Å². The van der Waals surface area contributed by atoms with Crippen molar-refractivity contribution in [3.8, 4) is 0 Å². The van der Waals surface area contributed by atoms with Crippen LogP contribution in [-0.2, 0) is 4.74 Å². The van der Waals surface area contributed by atoms with Gasteiger partial charge in [0.25, 0.3) is 5.91 Å². The highest BCUT2D eigenvalue weighted by Gasteiger charge is 2.26. The number of benzene rings is 1. The van der Waals surface area contributed by atoms with Gasteiger partial charge in [-0.3, -0.25) is 4.79 Å². The number of carbonyl (C=O) groups is 1. The van der Waals surface area contributed by atoms with E-state index in [0.29, 0.717) is 10.6 Å². The summed E-state index contributed by atoms with van der Waals surface area (Å²) in [4.78, 5) is 12.1. The van der Waals surface area contributed by atoms with Crippen LogP contribution in [0.1, 0.15) is 29.6 Å². The van der Waals surface area contributed by atoms with Gasteiger partial charge in [0.2, 0.25) is 0 Å². The number of nitrogens with one attached hydrogen (secondary N) is 1. The van der Waals surface area contributed by atoms with E-state index in [1.807, 2.05) is 6.07 Å². The van der Waals surface area contributed by atoms with E-state index in [1.165, 1.54) is 0 Å². The molecule has 0 saturated heterocycles. The van der Waals surface area contributed by atoms with Crippen molar-refractivity contribution in [2.45, 2.75) is 31.4 Å². The lowest BCUT2D eigenvalue weighted by atomic mass is 10.2. The second-order valence-electron chi connectivity index (χ2n) is 4.47. The fourth-order valence-corrected chi connectivity index (χ4v) is 2.78. The van der Waals surface area contributed by atoms with Crippen LogP contribution in [0.5, 0.6) is 0 Å². The van der Waals surface area contributed by atoms with E-state index in [0.717, 1.165) is 23.7 Å². The average molecular weight is 333 g/mol. The molecule has 1 fully saturated rings. The number of carbonyl (C=O) groups excluding carboxylic acids is 1. The third-order valence-corrected chi connectivity index (χ3v) is 4.05. The summed E-state index contributed by atoms with van der Waals surface area (Å²) >= 11 is 9.37. The lowest BCUT2D eigenvalue weighted by Gasteiger charge is -2.13. The predicted molar refractivity (Wildman–Crippen MR) is 75.1 cm³/mol. The summed E-state index contributed by atoms with van der Waals surface area (Å²) in [6.45, 7) is 0. The van der Waals surface area contributed by atoms with Crippen molar-refractivity contribution in [2.75, 3.05) is 7.11 Å². The highest BCUT2D eigenvalue weighted by atomic mass is 79.9. The molecule has 1 aromatic rings. The van der Waals surface area contributed by atoms with Gasteiger partial charge in [-0.15, -0.1) is 0 Å². The highest BCUT2D eigenvalue weighted by molar-refractivity contribution is 9.10. The number of hydrogen-bond donors (Lipinski definition) is 1. The molecule has 0 heterocycles. The standard InChI is InChI=1S/C13H15BrClNO2/c1-18-10-4-3-9(7-10)16-13(17)11-6-8(14)2-5-12(11)15/h2,5-6,9-10H,3-4,7H2,1H3,(H,16,17). The second-order valence-corrected chi connectivity index (χ2v) is 5.79. The second kappa shape index (κ2) is 6.04. The topological polar surface area (TPSA) is 38.3 Å². The third-order valence-electron chi connectivity index (χ3n) is 3.23. The molecule has 1 amide bonds. The minimum Gasteiger partial charge on any atom is -0.381 e. The Balaban J connectivity index is 2.02. The number of hydrogen-bond acceptors (Lipinski definition) is 2. The van der Waals surface area contributed by atoms with Crippen LogP contribution < -0.4 is 5.32 Å². The largest absolute Gasteiger partial charge is 0.381 e. The molecule has 2 rings (SSSR count). The molecule has 2 atom stereocenters. The van der Waals surface area contributed by atoms with E-state index in [2.05, 4.69) is 21.2 Å². The fraction of sp³-hybridized carbons (Fsp3) is 0.462. The lowest BCUT2D eigenvalue weighted by molar-refractivity contribution is 0.0915. The zero-order chi connectivity index (χ0) is 13.1. The van der Waals surface area contributed by atoms with Crippen LogP contribution >= 0.6 is 27.5 Å². The molecule has 98 valence electrons. The average Bonchev–Trinajstić information content (AvgIpc) is 2.80. The van der Waals surface area contributed by atoms with Gasteiger partial charge >= 0.3 is 0 Å². The van der Waals surface area contributed by atoms with Crippen molar-refractivity contribution in [2.24, 2.45) is 0 Å². The maximum Gasteiger partial charge on any atom is 0.253 e. The maximum absolute atomic E-state index is 12.1. The van der Waals surface area contributed by atoms with E-state index < -0.39 is 0 Å². The van der Waals surface area contributed by atoms with Gasteiger partial charge in [-0.1, -0.05) is 27.5 Å². The quantitative estimate of drug-likeness (QED) is 0.921. The van der Waals surface area contributed by atoms with Gasteiger partial charge in [-0.05, 0) is 37.5 Å². The van der Waals surface area contributed by atoms with Crippen LogP contribution in [-0.4, -0.2) is 25.2 Å². The molecule has 1 aromatic carbocycles. The molecule has 0 bridgehead atoms. The normalized spacial score (nSPS) is 23.1. The summed E-state index contributed by atoms with van der Waals surface area (Å²) in [6, 6.07) is 5.45. The summed E-state index contributed by atoms with van der Waals surface area (Å²) in [5.41, 5.74) is 0.506. The van der Waals surface area contributed by atoms with Gasteiger partial charge in [0.15, 0.2) is 0 Å². The van der Waals surface area contributed by atoms with Crippen molar-refractivity contribution in [1.82, 2.24) is 5.32 Å². The van der Waals surface area contributed by atoms with Gasteiger partial charge in [-0.25, -0.2) is 0 Å². The molecule has 0 aromatic heterocycles. The summed E-state index contributed by atoms with van der Waals surface area (Å²) in [5, 5.41) is 3.47. The van der Waals surface area contributed by atoms with E-state index in [9.17, 15) is 4.79 Å². The number of rotatable bonds is 3. The molecular formula is C13H15BrClNO2. The molecule has 18 heavy (non-hydrogen) atoms. The van der Waals surface area contributed by atoms with Gasteiger partial charge in [-0.2, -0.15) is 0 Å². The number of amides is 1. The summed E-state index contributed by atoms with van der Waals surface area (Å²) in [6.07, 6.45) is 3.07. The first-order valence-electron chi connectivity index (χ1n) is 5.89. The Kier molecular flexibility index (Phi) is 4.65. The first-order valence-corrected chi connectivity index (χ1v) is 7.06. The van der Waals surface area contributed by atoms with Gasteiger partial charge in [0, 0.05) is 17.6 Å². The molecule has 1 N–H and O–H groups in total. The van der Waals surface area contributed by atoms with Crippen LogP contribution in [0.4, 0.5) is 0 Å². The molecule has 1 saturated carbocycles. The van der Waals surface area contributed by atoms with Crippen molar-refractivity contribution < 1.29 is 9.53 Å². The molecule has 0 aliphatic heterocycles. The van der Waals surface area contributed by atoms with Crippen molar-refractivity contribution in [1.29, 1.82) is 0 Å². The number of methoxy groups -OCH3 is 1. The Labute approximate surface area is 120 Å². The van der Waals surface area contributed by atoms with Crippen LogP contribution in [0, 0.1) is 0 Å². The van der Waals surface area contributed by atoms with Gasteiger partial charge in [0.1, 0.15) is 0 Å². The van der Waals surface area contributed by atoms with E-state index in [-0.39, 0.29) is 18.1 Å². The molecule has 3 nitrogen and oxygen atoms in total. The molecule has 1 aliphatic carbocycles. The molecule has 0 spiro atoms. The summed E-state index contributed by atoms with van der Waals surface area (Å²) < 4.78 is 6.13. The first-order chi connectivity index (χ1) is 8.60. The lowest BCUT2D eigenvalue weighted by Crippen LogP contribution is -2.33. The van der Waals surface area contributed by atoms with E-state index >= 15 is 0 Å². The minimum absolute atomic E-state index is 0.122. The van der Waals surface area contributed by atoms with Crippen molar-refractivity contribution in [3.05, 3.63) is 33.3 Å². The van der Waals surface area contributed by atoms with Gasteiger partial charge in [0.05, 0.1) is 16.7 Å². The van der Waals surface area contributed by atoms with E-state index in [4.69, 9.17) is 16.3 Å². The van der Waals surface area contributed by atoms with Gasteiger partial charge < -0.3 is 10.1 Å². The number of halogens is 2. The molecule has 2 unspecified atom stereocenters. The minimum atomic E-state index is -0.122. The first kappa shape index (κ1) is 13.8. The SMILES string of the molecule is COC1CCC(NC(=O)c2cc(Br)ccc2Cl)C1. The Morgan fingerprint density at radius 3 is 2.94 bits per heavy atom. The Hall–Kier alpha value is -0.580. The van der Waals surface area contributed by atoms with Crippen LogP contribution in [0.3, 0.4) is 0 Å². The predicted octanol–water partition coefficient (Wildman–Crippen LogP) is 3.40. The van der Waals surface area contributed by atoms with Crippen molar-refractivity contribution >= 4 is 33.4 Å². The highest BCUT2D eigenvalue weighted by Crippen LogP contribution is 2.24.